The summed E-state index contributed by atoms with van der Waals surface area (Å²) in [7, 11) is 0. The number of hydrogen-bond donors (Lipinski definition) is 2. The Bertz CT molecular complexity index is 994. The molecule has 11 nitrogen and oxygen atoms in total. The number of hydrogen-bond acceptors (Lipinski definition) is 7. The monoisotopic (exact) mass is 419 g/mol. The predicted octanol–water partition coefficient (Wildman–Crippen LogP) is 3.03. The molecule has 0 saturated carbocycles. The number of anilines is 1. The van der Waals surface area contributed by atoms with Crippen LogP contribution in [0.1, 0.15) is 18.4 Å². The van der Waals surface area contributed by atoms with Gasteiger partial charge in [0.1, 0.15) is 5.69 Å². The van der Waals surface area contributed by atoms with Crippen molar-refractivity contribution in [3.8, 4) is 0 Å². The lowest BCUT2D eigenvalue weighted by atomic mass is 10.2. The smallest absolute Gasteiger partial charge is 0.294 e. The summed E-state index contributed by atoms with van der Waals surface area (Å²) in [5.74, 6) is -1.18. The van der Waals surface area contributed by atoms with E-state index in [0.717, 1.165) is 6.07 Å². The van der Waals surface area contributed by atoms with Gasteiger partial charge in [0.25, 0.3) is 11.4 Å². The van der Waals surface area contributed by atoms with Crippen LogP contribution in [0.15, 0.2) is 47.6 Å². The number of non-ortho nitro benzene ring substituents is 1. The quantitative estimate of drug-likeness (QED) is 0.380. The predicted molar refractivity (Wildman–Crippen MR) is 105 cm³/mol. The van der Waals surface area contributed by atoms with Gasteiger partial charge in [-0.1, -0.05) is 23.7 Å². The molecular weight excluding hydrogens is 406 g/mol. The van der Waals surface area contributed by atoms with Crippen molar-refractivity contribution >= 4 is 46.7 Å². The van der Waals surface area contributed by atoms with E-state index in [2.05, 4.69) is 15.8 Å². The van der Waals surface area contributed by atoms with Gasteiger partial charge in [-0.25, -0.2) is 5.43 Å². The molecule has 150 valence electrons. The van der Waals surface area contributed by atoms with Gasteiger partial charge in [0.15, 0.2) is 0 Å². The summed E-state index contributed by atoms with van der Waals surface area (Å²) in [4.78, 5) is 44.1. The van der Waals surface area contributed by atoms with E-state index in [1.54, 1.807) is 6.07 Å². The second kappa shape index (κ2) is 9.90. The molecule has 0 aromatic heterocycles. The lowest BCUT2D eigenvalue weighted by Crippen LogP contribution is -2.21. The largest absolute Gasteiger partial charge is 0.320 e. The van der Waals surface area contributed by atoms with Crippen molar-refractivity contribution in [3.63, 3.8) is 0 Å². The molecule has 0 unspecified atom stereocenters. The van der Waals surface area contributed by atoms with Crippen molar-refractivity contribution < 1.29 is 19.4 Å². The van der Waals surface area contributed by atoms with E-state index in [4.69, 9.17) is 11.6 Å². The van der Waals surface area contributed by atoms with Crippen LogP contribution in [-0.2, 0) is 9.59 Å². The van der Waals surface area contributed by atoms with Crippen LogP contribution < -0.4 is 10.7 Å². The van der Waals surface area contributed by atoms with E-state index in [1.165, 1.54) is 36.5 Å². The minimum atomic E-state index is -0.684. The molecule has 0 aliphatic heterocycles. The molecule has 0 heterocycles. The molecule has 0 saturated heterocycles. The molecule has 0 atom stereocenters. The number of amides is 2. The van der Waals surface area contributed by atoms with E-state index in [1.807, 2.05) is 0 Å². The van der Waals surface area contributed by atoms with Crippen molar-refractivity contribution in [2.24, 2.45) is 5.10 Å². The van der Waals surface area contributed by atoms with E-state index in [-0.39, 0.29) is 34.9 Å². The number of hydrazone groups is 1. The van der Waals surface area contributed by atoms with Gasteiger partial charge in [0.05, 0.1) is 16.1 Å². The Morgan fingerprint density at radius 3 is 2.45 bits per heavy atom. The summed E-state index contributed by atoms with van der Waals surface area (Å²) >= 11 is 5.70. The molecule has 2 aromatic rings. The van der Waals surface area contributed by atoms with Crippen LogP contribution in [0.3, 0.4) is 0 Å². The molecule has 2 aromatic carbocycles. The number of nitro benzene ring substituents is 2. The zero-order valence-corrected chi connectivity index (χ0v) is 15.5. The van der Waals surface area contributed by atoms with E-state index >= 15 is 0 Å². The molecule has 2 amide bonds. The molecular formula is C17H14ClN5O6. The molecule has 0 fully saturated rings. The fraction of sp³-hybridized carbons (Fsp3) is 0.118. The molecule has 2 N–H and O–H groups in total. The molecule has 0 spiro atoms. The maximum Gasteiger partial charge on any atom is 0.294 e. The summed E-state index contributed by atoms with van der Waals surface area (Å²) in [6.07, 6.45) is 0.763. The standard InChI is InChI=1S/C17H14ClN5O6/c18-12-4-5-14(15(9-12)23(28)29)20-16(24)6-7-17(25)21-19-10-11-2-1-3-13(8-11)22(26)27/h1-5,8-10H,6-7H2,(H,20,24)(H,21,25). The second-order valence-corrected chi connectivity index (χ2v) is 6.05. The number of halogens is 1. The lowest BCUT2D eigenvalue weighted by Gasteiger charge is -2.06. The van der Waals surface area contributed by atoms with Crippen molar-refractivity contribution in [3.05, 3.63) is 73.3 Å². The van der Waals surface area contributed by atoms with Gasteiger partial charge in [0.2, 0.25) is 11.8 Å². The molecule has 0 aliphatic rings. The fourth-order valence-electron chi connectivity index (χ4n) is 2.15. The minimum Gasteiger partial charge on any atom is -0.320 e. The number of carbonyl (C=O) groups excluding carboxylic acids is 2. The fourth-order valence-corrected chi connectivity index (χ4v) is 2.32. The first-order valence-electron chi connectivity index (χ1n) is 8.06. The zero-order chi connectivity index (χ0) is 21.4. The number of carbonyl (C=O) groups is 2. The van der Waals surface area contributed by atoms with Crippen LogP contribution in [0.25, 0.3) is 0 Å². The molecule has 0 bridgehead atoms. The topological polar surface area (TPSA) is 157 Å². The Morgan fingerprint density at radius 1 is 1.03 bits per heavy atom. The van der Waals surface area contributed by atoms with Crippen molar-refractivity contribution in [2.45, 2.75) is 12.8 Å². The lowest BCUT2D eigenvalue weighted by molar-refractivity contribution is -0.384. The highest BCUT2D eigenvalue weighted by Gasteiger charge is 2.17. The van der Waals surface area contributed by atoms with Crippen LogP contribution in [-0.4, -0.2) is 27.9 Å². The number of rotatable bonds is 8. The Hall–Kier alpha value is -3.86. The van der Waals surface area contributed by atoms with Crippen molar-refractivity contribution in [1.82, 2.24) is 5.43 Å². The molecule has 29 heavy (non-hydrogen) atoms. The first-order valence-corrected chi connectivity index (χ1v) is 8.44. The summed E-state index contributed by atoms with van der Waals surface area (Å²) in [6.45, 7) is 0. The van der Waals surface area contributed by atoms with E-state index in [0.29, 0.717) is 5.56 Å². The summed E-state index contributed by atoms with van der Waals surface area (Å²) < 4.78 is 0. The third-order valence-corrected chi connectivity index (χ3v) is 3.73. The minimum absolute atomic E-state index is 0.0338. The van der Waals surface area contributed by atoms with Crippen LogP contribution in [0.5, 0.6) is 0 Å². The van der Waals surface area contributed by atoms with Gasteiger partial charge in [-0.15, -0.1) is 0 Å². The van der Waals surface area contributed by atoms with Gasteiger partial charge in [-0.2, -0.15) is 5.10 Å². The SMILES string of the molecule is O=C(CCC(=O)Nc1ccc(Cl)cc1[N+](=O)[O-])NN=Cc1cccc([N+](=O)[O-])c1. The number of nitrogens with one attached hydrogen (secondary N) is 2. The Balaban J connectivity index is 1.85. The van der Waals surface area contributed by atoms with Crippen LogP contribution in [0.2, 0.25) is 5.02 Å². The second-order valence-electron chi connectivity index (χ2n) is 5.61. The highest BCUT2D eigenvalue weighted by Crippen LogP contribution is 2.27. The van der Waals surface area contributed by atoms with Gasteiger partial charge in [0, 0.05) is 41.6 Å². The van der Waals surface area contributed by atoms with Crippen LogP contribution in [0, 0.1) is 20.2 Å². The van der Waals surface area contributed by atoms with Crippen LogP contribution >= 0.6 is 11.6 Å². The summed E-state index contributed by atoms with van der Waals surface area (Å²) in [5.41, 5.74) is 2.09. The molecule has 0 radical (unpaired) electrons. The number of nitro groups is 2. The molecule has 2 rings (SSSR count). The van der Waals surface area contributed by atoms with Crippen molar-refractivity contribution in [1.29, 1.82) is 0 Å². The van der Waals surface area contributed by atoms with Gasteiger partial charge in [-0.3, -0.25) is 29.8 Å². The van der Waals surface area contributed by atoms with Crippen LogP contribution in [0.4, 0.5) is 17.1 Å². The van der Waals surface area contributed by atoms with E-state index in [9.17, 15) is 29.8 Å². The Kier molecular flexibility index (Phi) is 7.32. The first kappa shape index (κ1) is 21.4. The van der Waals surface area contributed by atoms with Gasteiger partial charge in [-0.05, 0) is 12.1 Å². The number of nitrogens with zero attached hydrogens (tertiary/aromatic N) is 3. The maximum absolute atomic E-state index is 11.9. The summed E-state index contributed by atoms with van der Waals surface area (Å²) in [6, 6.07) is 9.42. The third kappa shape index (κ3) is 6.66. The average molecular weight is 420 g/mol. The van der Waals surface area contributed by atoms with E-state index < -0.39 is 21.7 Å². The normalized spacial score (nSPS) is 10.5. The maximum atomic E-state index is 11.9. The molecule has 12 heteroatoms. The zero-order valence-electron chi connectivity index (χ0n) is 14.7. The van der Waals surface area contributed by atoms with Gasteiger partial charge >= 0.3 is 0 Å². The average Bonchev–Trinajstić information content (AvgIpc) is 2.68. The molecule has 0 aliphatic carbocycles. The Morgan fingerprint density at radius 2 is 1.76 bits per heavy atom. The first-order chi connectivity index (χ1) is 13.8. The highest BCUT2D eigenvalue weighted by atomic mass is 35.5. The van der Waals surface area contributed by atoms with Crippen molar-refractivity contribution in [2.75, 3.05) is 5.32 Å². The Labute approximate surface area is 168 Å². The third-order valence-electron chi connectivity index (χ3n) is 3.49. The highest BCUT2D eigenvalue weighted by molar-refractivity contribution is 6.31. The van der Waals surface area contributed by atoms with Gasteiger partial charge < -0.3 is 5.32 Å². The number of benzene rings is 2. The summed E-state index contributed by atoms with van der Waals surface area (Å²) in [5, 5.41) is 27.9.